The highest BCUT2D eigenvalue weighted by molar-refractivity contribution is 5.78. The highest BCUT2D eigenvalue weighted by Crippen LogP contribution is 2.16. The number of ketones is 1. The molecule has 0 bridgehead atoms. The van der Waals surface area contributed by atoms with Gasteiger partial charge in [-0.1, -0.05) is 36.4 Å². The molecule has 92 valence electrons. The molecule has 1 rings (SSSR count). The van der Waals surface area contributed by atoms with E-state index < -0.39 is 0 Å². The van der Waals surface area contributed by atoms with Crippen LogP contribution in [0.25, 0.3) is 0 Å². The number of carbonyl (C=O) groups is 1. The lowest BCUT2D eigenvalue weighted by molar-refractivity contribution is -0.119. The van der Waals surface area contributed by atoms with Crippen molar-refractivity contribution in [2.75, 3.05) is 0 Å². The van der Waals surface area contributed by atoms with Gasteiger partial charge in [0.05, 0.1) is 0 Å². The number of Topliss-reactive ketones (excluding diaryl/α,β-unsaturated/α-hetero) is 1. The standard InChI is InChI=1S/C15H21NO/c1-2-3-5-10-14(17)11-12-15(16)13-8-6-4-7-9-13/h2,4,6-9,15H,1,3,5,10-12,16H2. The van der Waals surface area contributed by atoms with Gasteiger partial charge in [-0.05, 0) is 24.8 Å². The molecule has 0 heterocycles. The summed E-state index contributed by atoms with van der Waals surface area (Å²) in [5, 5.41) is 0. The Hall–Kier alpha value is -1.41. The first-order valence-corrected chi connectivity index (χ1v) is 6.17. The van der Waals surface area contributed by atoms with Gasteiger partial charge in [0.25, 0.3) is 0 Å². The molecule has 0 saturated carbocycles. The summed E-state index contributed by atoms with van der Waals surface area (Å²) in [5.41, 5.74) is 7.13. The van der Waals surface area contributed by atoms with Gasteiger partial charge in [0.1, 0.15) is 5.78 Å². The van der Waals surface area contributed by atoms with Crippen molar-refractivity contribution in [3.05, 3.63) is 48.6 Å². The van der Waals surface area contributed by atoms with Crippen molar-refractivity contribution in [2.24, 2.45) is 5.73 Å². The first-order valence-electron chi connectivity index (χ1n) is 6.17. The van der Waals surface area contributed by atoms with Gasteiger partial charge < -0.3 is 5.73 Å². The van der Waals surface area contributed by atoms with Crippen molar-refractivity contribution in [3.63, 3.8) is 0 Å². The Labute approximate surface area is 104 Å². The molecule has 0 fully saturated rings. The molecule has 1 atom stereocenters. The van der Waals surface area contributed by atoms with E-state index >= 15 is 0 Å². The van der Waals surface area contributed by atoms with Crippen LogP contribution >= 0.6 is 0 Å². The number of benzene rings is 1. The van der Waals surface area contributed by atoms with Crippen molar-refractivity contribution >= 4 is 5.78 Å². The van der Waals surface area contributed by atoms with Gasteiger partial charge in [0.2, 0.25) is 0 Å². The fourth-order valence-electron chi connectivity index (χ4n) is 1.75. The van der Waals surface area contributed by atoms with Gasteiger partial charge >= 0.3 is 0 Å². The minimum absolute atomic E-state index is 0.0282. The summed E-state index contributed by atoms with van der Waals surface area (Å²) in [6.07, 6.45) is 5.63. The van der Waals surface area contributed by atoms with Crippen molar-refractivity contribution in [2.45, 2.75) is 38.1 Å². The second kappa shape index (κ2) is 7.80. The Morgan fingerprint density at radius 1 is 1.29 bits per heavy atom. The van der Waals surface area contributed by atoms with E-state index in [4.69, 9.17) is 5.73 Å². The average Bonchev–Trinajstić information content (AvgIpc) is 2.37. The lowest BCUT2D eigenvalue weighted by Crippen LogP contribution is -2.12. The smallest absolute Gasteiger partial charge is 0.132 e. The van der Waals surface area contributed by atoms with Crippen LogP contribution in [0.15, 0.2) is 43.0 Å². The predicted molar refractivity (Wildman–Crippen MR) is 71.7 cm³/mol. The molecule has 0 saturated heterocycles. The van der Waals surface area contributed by atoms with Crippen LogP contribution in [0.5, 0.6) is 0 Å². The molecule has 0 aliphatic rings. The monoisotopic (exact) mass is 231 g/mol. The van der Waals surface area contributed by atoms with E-state index in [-0.39, 0.29) is 6.04 Å². The van der Waals surface area contributed by atoms with E-state index in [1.165, 1.54) is 0 Å². The van der Waals surface area contributed by atoms with E-state index in [1.54, 1.807) is 0 Å². The quantitative estimate of drug-likeness (QED) is 0.550. The number of rotatable bonds is 8. The van der Waals surface area contributed by atoms with E-state index in [0.717, 1.165) is 24.8 Å². The first kappa shape index (κ1) is 13.7. The zero-order chi connectivity index (χ0) is 12.5. The number of hydrogen-bond acceptors (Lipinski definition) is 2. The van der Waals surface area contributed by atoms with Crippen LogP contribution in [-0.2, 0) is 4.79 Å². The molecule has 0 aliphatic carbocycles. The number of allylic oxidation sites excluding steroid dienone is 1. The number of carbonyl (C=O) groups excluding carboxylic acids is 1. The number of unbranched alkanes of at least 4 members (excludes halogenated alkanes) is 1. The van der Waals surface area contributed by atoms with Crippen molar-refractivity contribution in [1.82, 2.24) is 0 Å². The first-order chi connectivity index (χ1) is 8.24. The molecule has 0 spiro atoms. The molecule has 17 heavy (non-hydrogen) atoms. The van der Waals surface area contributed by atoms with Crippen molar-refractivity contribution in [1.29, 1.82) is 0 Å². The SMILES string of the molecule is C=CCCCC(=O)CCC(N)c1ccccc1. The number of hydrogen-bond donors (Lipinski definition) is 1. The Bertz CT molecular complexity index is 345. The minimum atomic E-state index is -0.0282. The molecule has 0 aromatic heterocycles. The van der Waals surface area contributed by atoms with E-state index in [0.29, 0.717) is 18.6 Å². The molecule has 1 unspecified atom stereocenters. The fraction of sp³-hybridized carbons (Fsp3) is 0.400. The summed E-state index contributed by atoms with van der Waals surface area (Å²) in [7, 11) is 0. The fourth-order valence-corrected chi connectivity index (χ4v) is 1.75. The zero-order valence-electron chi connectivity index (χ0n) is 10.3. The van der Waals surface area contributed by atoms with Gasteiger partial charge in [-0.15, -0.1) is 6.58 Å². The highest BCUT2D eigenvalue weighted by atomic mass is 16.1. The topological polar surface area (TPSA) is 43.1 Å². The van der Waals surface area contributed by atoms with Gasteiger partial charge in [-0.2, -0.15) is 0 Å². The van der Waals surface area contributed by atoms with Gasteiger partial charge in [-0.3, -0.25) is 4.79 Å². The molecule has 2 heteroatoms. The molecular formula is C15H21NO. The Morgan fingerprint density at radius 3 is 2.65 bits per heavy atom. The van der Waals surface area contributed by atoms with E-state index in [1.807, 2.05) is 36.4 Å². The Morgan fingerprint density at radius 2 is 2.00 bits per heavy atom. The highest BCUT2D eigenvalue weighted by Gasteiger charge is 2.08. The minimum Gasteiger partial charge on any atom is -0.324 e. The third-order valence-corrected chi connectivity index (χ3v) is 2.83. The second-order valence-corrected chi connectivity index (χ2v) is 4.28. The van der Waals surface area contributed by atoms with Crippen LogP contribution in [0, 0.1) is 0 Å². The third kappa shape index (κ3) is 5.45. The molecule has 0 amide bonds. The van der Waals surface area contributed by atoms with Crippen LogP contribution in [0.2, 0.25) is 0 Å². The second-order valence-electron chi connectivity index (χ2n) is 4.28. The summed E-state index contributed by atoms with van der Waals surface area (Å²) in [4.78, 5) is 11.6. The molecule has 2 nitrogen and oxygen atoms in total. The van der Waals surface area contributed by atoms with Gasteiger partial charge in [0, 0.05) is 18.9 Å². The van der Waals surface area contributed by atoms with Gasteiger partial charge in [-0.25, -0.2) is 0 Å². The molecule has 2 N–H and O–H groups in total. The lowest BCUT2D eigenvalue weighted by Gasteiger charge is -2.11. The zero-order valence-corrected chi connectivity index (χ0v) is 10.3. The normalized spacial score (nSPS) is 12.1. The summed E-state index contributed by atoms with van der Waals surface area (Å²) in [6.45, 7) is 3.64. The summed E-state index contributed by atoms with van der Waals surface area (Å²) in [5.74, 6) is 0.304. The lowest BCUT2D eigenvalue weighted by atomic mass is 10.00. The molecule has 0 aliphatic heterocycles. The van der Waals surface area contributed by atoms with Crippen LogP contribution in [0.1, 0.15) is 43.7 Å². The van der Waals surface area contributed by atoms with Crippen LogP contribution in [-0.4, -0.2) is 5.78 Å². The maximum atomic E-state index is 11.6. The maximum Gasteiger partial charge on any atom is 0.132 e. The largest absolute Gasteiger partial charge is 0.324 e. The van der Waals surface area contributed by atoms with Crippen molar-refractivity contribution < 1.29 is 4.79 Å². The van der Waals surface area contributed by atoms with Crippen LogP contribution in [0.4, 0.5) is 0 Å². The van der Waals surface area contributed by atoms with E-state index in [9.17, 15) is 4.79 Å². The van der Waals surface area contributed by atoms with Gasteiger partial charge in [0.15, 0.2) is 0 Å². The molecule has 1 aromatic rings. The summed E-state index contributed by atoms with van der Waals surface area (Å²) >= 11 is 0. The van der Waals surface area contributed by atoms with Crippen molar-refractivity contribution in [3.8, 4) is 0 Å². The molecule has 1 aromatic carbocycles. The van der Waals surface area contributed by atoms with E-state index in [2.05, 4.69) is 6.58 Å². The third-order valence-electron chi connectivity index (χ3n) is 2.83. The molecule has 0 radical (unpaired) electrons. The Kier molecular flexibility index (Phi) is 6.26. The maximum absolute atomic E-state index is 11.6. The van der Waals surface area contributed by atoms with Crippen LogP contribution in [0.3, 0.4) is 0 Å². The summed E-state index contributed by atoms with van der Waals surface area (Å²) in [6, 6.07) is 9.90. The molecular weight excluding hydrogens is 210 g/mol. The van der Waals surface area contributed by atoms with Crippen LogP contribution < -0.4 is 5.73 Å². The summed E-state index contributed by atoms with van der Waals surface area (Å²) < 4.78 is 0. The predicted octanol–water partition coefficient (Wildman–Crippen LogP) is 3.39. The average molecular weight is 231 g/mol. The Balaban J connectivity index is 2.26. The number of nitrogens with two attached hydrogens (primary N) is 1.